The van der Waals surface area contributed by atoms with Crippen LogP contribution < -0.4 is 5.32 Å². The first-order valence-corrected chi connectivity index (χ1v) is 5.26. The number of aliphatic carboxylic acids is 1. The summed E-state index contributed by atoms with van der Waals surface area (Å²) >= 11 is 0. The van der Waals surface area contributed by atoms with E-state index in [1.54, 1.807) is 12.4 Å². The van der Waals surface area contributed by atoms with E-state index in [1.165, 1.54) is 0 Å². The van der Waals surface area contributed by atoms with Crippen molar-refractivity contribution in [2.45, 2.75) is 20.8 Å². The van der Waals surface area contributed by atoms with Crippen LogP contribution in [-0.2, 0) is 4.79 Å². The molecule has 2 N–H and O–H groups in total. The monoisotopic (exact) mass is 223 g/mol. The quantitative estimate of drug-likeness (QED) is 0.792. The van der Waals surface area contributed by atoms with Crippen LogP contribution in [0.5, 0.6) is 0 Å². The molecule has 16 heavy (non-hydrogen) atoms. The van der Waals surface area contributed by atoms with E-state index < -0.39 is 11.9 Å². The third kappa shape index (κ3) is 3.49. The van der Waals surface area contributed by atoms with E-state index >= 15 is 0 Å². The minimum absolute atomic E-state index is 0.0791. The predicted molar refractivity (Wildman–Crippen MR) is 61.2 cm³/mol. The molecule has 1 unspecified atom stereocenters. The second kappa shape index (κ2) is 5.44. The fourth-order valence-corrected chi connectivity index (χ4v) is 1.29. The van der Waals surface area contributed by atoms with Crippen molar-refractivity contribution in [1.29, 1.82) is 0 Å². The Morgan fingerprint density at radius 3 is 2.44 bits per heavy atom. The van der Waals surface area contributed by atoms with Gasteiger partial charge in [0.15, 0.2) is 0 Å². The van der Waals surface area contributed by atoms with Crippen LogP contribution in [-0.4, -0.2) is 27.6 Å². The molecule has 0 amide bonds. The zero-order chi connectivity index (χ0) is 12.1. The third-order valence-corrected chi connectivity index (χ3v) is 2.38. The highest BCUT2D eigenvalue weighted by molar-refractivity contribution is 5.71. The van der Waals surface area contributed by atoms with E-state index in [1.807, 2.05) is 20.8 Å². The van der Waals surface area contributed by atoms with Crippen molar-refractivity contribution in [2.24, 2.45) is 11.8 Å². The van der Waals surface area contributed by atoms with Gasteiger partial charge in [0.2, 0.25) is 5.95 Å². The smallest absolute Gasteiger partial charge is 0.308 e. The van der Waals surface area contributed by atoms with Crippen LogP contribution in [0.25, 0.3) is 0 Å². The summed E-state index contributed by atoms with van der Waals surface area (Å²) in [6.45, 7) is 6.01. The Bertz CT molecular complexity index is 349. The molecule has 0 saturated heterocycles. The maximum atomic E-state index is 10.9. The van der Waals surface area contributed by atoms with Crippen molar-refractivity contribution in [2.75, 3.05) is 11.9 Å². The molecule has 1 aromatic heterocycles. The number of rotatable bonds is 5. The highest BCUT2D eigenvalue weighted by Crippen LogP contribution is 2.11. The number of nitrogens with zero attached hydrogens (tertiary/aromatic N) is 2. The lowest BCUT2D eigenvalue weighted by molar-refractivity contribution is -0.142. The molecule has 1 atom stereocenters. The lowest BCUT2D eigenvalue weighted by Crippen LogP contribution is -2.28. The Hall–Kier alpha value is -1.65. The van der Waals surface area contributed by atoms with Crippen molar-refractivity contribution < 1.29 is 9.90 Å². The summed E-state index contributed by atoms with van der Waals surface area (Å²) in [5.41, 5.74) is 0.976. The van der Waals surface area contributed by atoms with Gasteiger partial charge in [-0.15, -0.1) is 0 Å². The number of aryl methyl sites for hydroxylation is 1. The van der Waals surface area contributed by atoms with Gasteiger partial charge in [-0.3, -0.25) is 4.79 Å². The summed E-state index contributed by atoms with van der Waals surface area (Å²) in [5.74, 6) is -0.674. The van der Waals surface area contributed by atoms with E-state index in [4.69, 9.17) is 5.11 Å². The van der Waals surface area contributed by atoms with Gasteiger partial charge in [0.05, 0.1) is 5.92 Å². The Balaban J connectivity index is 2.55. The summed E-state index contributed by atoms with van der Waals surface area (Å²) < 4.78 is 0. The maximum Gasteiger partial charge on any atom is 0.308 e. The molecule has 0 saturated carbocycles. The molecule has 0 bridgehead atoms. The zero-order valence-electron chi connectivity index (χ0n) is 9.77. The molecule has 5 nitrogen and oxygen atoms in total. The van der Waals surface area contributed by atoms with E-state index in [2.05, 4.69) is 15.3 Å². The van der Waals surface area contributed by atoms with Crippen LogP contribution in [0.1, 0.15) is 19.4 Å². The second-order valence-corrected chi connectivity index (χ2v) is 4.15. The zero-order valence-corrected chi connectivity index (χ0v) is 9.77. The molecule has 0 aliphatic carbocycles. The van der Waals surface area contributed by atoms with Crippen molar-refractivity contribution in [3.05, 3.63) is 18.0 Å². The lowest BCUT2D eigenvalue weighted by atomic mass is 9.96. The van der Waals surface area contributed by atoms with Crippen LogP contribution >= 0.6 is 0 Å². The van der Waals surface area contributed by atoms with Crippen molar-refractivity contribution in [1.82, 2.24) is 9.97 Å². The topological polar surface area (TPSA) is 75.1 Å². The van der Waals surface area contributed by atoms with Gasteiger partial charge < -0.3 is 10.4 Å². The van der Waals surface area contributed by atoms with Crippen LogP contribution in [0, 0.1) is 18.8 Å². The third-order valence-electron chi connectivity index (χ3n) is 2.38. The van der Waals surface area contributed by atoms with Gasteiger partial charge in [-0.05, 0) is 18.4 Å². The van der Waals surface area contributed by atoms with Crippen molar-refractivity contribution >= 4 is 11.9 Å². The molecule has 88 valence electrons. The number of nitrogens with one attached hydrogen (secondary N) is 1. The molecule has 1 heterocycles. The average molecular weight is 223 g/mol. The summed E-state index contributed by atoms with van der Waals surface area (Å²) in [5, 5.41) is 11.9. The molecule has 0 aromatic carbocycles. The molecule has 1 rings (SSSR count). The molecule has 1 aromatic rings. The predicted octanol–water partition coefficient (Wildman–Crippen LogP) is 1.55. The minimum atomic E-state index is -0.797. The molecule has 0 fully saturated rings. The van der Waals surface area contributed by atoms with Crippen molar-refractivity contribution in [3.8, 4) is 0 Å². The molecule has 0 spiro atoms. The lowest BCUT2D eigenvalue weighted by Gasteiger charge is -2.16. The van der Waals surface area contributed by atoms with Gasteiger partial charge in [0.25, 0.3) is 0 Å². The maximum absolute atomic E-state index is 10.9. The van der Waals surface area contributed by atoms with Crippen LogP contribution in [0.2, 0.25) is 0 Å². The highest BCUT2D eigenvalue weighted by Gasteiger charge is 2.21. The number of carboxylic acid groups (broad SMARTS) is 1. The highest BCUT2D eigenvalue weighted by atomic mass is 16.4. The van der Waals surface area contributed by atoms with E-state index in [0.29, 0.717) is 12.5 Å². The molecule has 0 radical (unpaired) electrons. The fourth-order valence-electron chi connectivity index (χ4n) is 1.29. The summed E-state index contributed by atoms with van der Waals surface area (Å²) in [6.07, 6.45) is 3.39. The molecule has 0 aliphatic rings. The Kier molecular flexibility index (Phi) is 4.22. The largest absolute Gasteiger partial charge is 0.481 e. The SMILES string of the molecule is Cc1cnc(NCC(C(=O)O)C(C)C)nc1. The first kappa shape index (κ1) is 12.4. The first-order chi connectivity index (χ1) is 7.50. The summed E-state index contributed by atoms with van der Waals surface area (Å²) in [6, 6.07) is 0. The number of hydrogen-bond donors (Lipinski definition) is 2. The number of carbonyl (C=O) groups is 1. The van der Waals surface area contributed by atoms with Crippen LogP contribution in [0.4, 0.5) is 5.95 Å². The fraction of sp³-hybridized carbons (Fsp3) is 0.545. The molecular formula is C11H17N3O2. The van der Waals surface area contributed by atoms with E-state index in [-0.39, 0.29) is 5.92 Å². The van der Waals surface area contributed by atoms with E-state index in [0.717, 1.165) is 5.56 Å². The van der Waals surface area contributed by atoms with Crippen molar-refractivity contribution in [3.63, 3.8) is 0 Å². The Morgan fingerprint density at radius 2 is 2.00 bits per heavy atom. The van der Waals surface area contributed by atoms with Gasteiger partial charge in [0, 0.05) is 18.9 Å². The Labute approximate surface area is 94.9 Å². The van der Waals surface area contributed by atoms with E-state index in [9.17, 15) is 4.79 Å². The summed E-state index contributed by atoms with van der Waals surface area (Å²) in [7, 11) is 0. The van der Waals surface area contributed by atoms with Gasteiger partial charge >= 0.3 is 5.97 Å². The van der Waals surface area contributed by atoms with Gasteiger partial charge in [-0.25, -0.2) is 9.97 Å². The van der Waals surface area contributed by atoms with Gasteiger partial charge in [0.1, 0.15) is 0 Å². The molecular weight excluding hydrogens is 206 g/mol. The molecule has 0 aliphatic heterocycles. The average Bonchev–Trinajstić information content (AvgIpc) is 2.20. The Morgan fingerprint density at radius 1 is 1.44 bits per heavy atom. The van der Waals surface area contributed by atoms with Crippen LogP contribution in [0.15, 0.2) is 12.4 Å². The number of carboxylic acids is 1. The molecule has 5 heteroatoms. The summed E-state index contributed by atoms with van der Waals surface area (Å²) in [4.78, 5) is 19.0. The van der Waals surface area contributed by atoms with Crippen LogP contribution in [0.3, 0.4) is 0 Å². The van der Waals surface area contributed by atoms with Gasteiger partial charge in [-0.1, -0.05) is 13.8 Å². The normalized spacial score (nSPS) is 12.5. The number of hydrogen-bond acceptors (Lipinski definition) is 4. The number of anilines is 1. The van der Waals surface area contributed by atoms with Gasteiger partial charge in [-0.2, -0.15) is 0 Å². The first-order valence-electron chi connectivity index (χ1n) is 5.26. The number of aromatic nitrogens is 2. The second-order valence-electron chi connectivity index (χ2n) is 4.15. The minimum Gasteiger partial charge on any atom is -0.481 e. The standard InChI is InChI=1S/C11H17N3O2/c1-7(2)9(10(15)16)6-14-11-12-4-8(3)5-13-11/h4-5,7,9H,6H2,1-3H3,(H,15,16)(H,12,13,14).